The van der Waals surface area contributed by atoms with Gasteiger partial charge in [0.25, 0.3) is 0 Å². The van der Waals surface area contributed by atoms with Gasteiger partial charge in [-0.3, -0.25) is 9.36 Å². The van der Waals surface area contributed by atoms with Crippen molar-refractivity contribution in [3.8, 4) is 0 Å². The summed E-state index contributed by atoms with van der Waals surface area (Å²) in [5.74, 6) is -0.0883. The molecule has 1 aliphatic rings. The molecule has 1 aromatic rings. The van der Waals surface area contributed by atoms with Crippen LogP contribution in [-0.4, -0.2) is 33.5 Å². The molecule has 1 aromatic heterocycles. The maximum atomic E-state index is 11.5. The Morgan fingerprint density at radius 1 is 1.70 bits per heavy atom. The minimum absolute atomic E-state index is 0. The molecule has 0 bridgehead atoms. The Bertz CT molecular complexity index is 460. The summed E-state index contributed by atoms with van der Waals surface area (Å²) in [6.07, 6.45) is 0.0512. The van der Waals surface area contributed by atoms with E-state index in [9.17, 15) is 9.90 Å². The standard InChI is InChI=1S/C9H14N3O4P.C2H5.Y/c10-7-1-2-12(9(14)11-7)8-3-5(13)6(16-8)4-15-17;1-2;/h1-2,5-6,8,13H,3-4,17H2,(H2,10,11,14);1H2,2H3;/q;-1;/p-1/t5?,6-,8-;;/m1../s1. The van der Waals surface area contributed by atoms with E-state index in [1.807, 2.05) is 0 Å². The summed E-state index contributed by atoms with van der Waals surface area (Å²) in [7, 11) is 2.08. The largest absolute Gasteiger partial charge is 0.482 e. The third-order valence-electron chi connectivity index (χ3n) is 2.60. The maximum Gasteiger partial charge on any atom is 0.248 e. The molecular weight excluding hydrogens is 358 g/mol. The van der Waals surface area contributed by atoms with E-state index >= 15 is 0 Å². The Hall–Kier alpha value is 0.0939. The smallest absolute Gasteiger partial charge is 0.248 e. The van der Waals surface area contributed by atoms with E-state index < -0.39 is 24.1 Å². The molecule has 1 radical (unpaired) electrons. The van der Waals surface area contributed by atoms with E-state index in [-0.39, 0.29) is 45.1 Å². The minimum Gasteiger partial charge on any atom is -0.482 e. The van der Waals surface area contributed by atoms with Gasteiger partial charge in [-0.05, 0) is 6.07 Å². The Kier molecular flexibility index (Phi) is 9.97. The van der Waals surface area contributed by atoms with Crippen LogP contribution in [0.4, 0.5) is 5.82 Å². The third-order valence-corrected chi connectivity index (χ3v) is 2.80. The van der Waals surface area contributed by atoms with Gasteiger partial charge in [-0.25, -0.2) is 0 Å². The Morgan fingerprint density at radius 3 is 2.90 bits per heavy atom. The van der Waals surface area contributed by atoms with Crippen molar-refractivity contribution in [2.75, 3.05) is 6.61 Å². The average molecular weight is 376 g/mol. The molecule has 2 N–H and O–H groups in total. The van der Waals surface area contributed by atoms with Gasteiger partial charge in [-0.15, -0.1) is 0 Å². The van der Waals surface area contributed by atoms with E-state index in [1.165, 1.54) is 16.8 Å². The van der Waals surface area contributed by atoms with Crippen LogP contribution in [-0.2, 0) is 42.0 Å². The summed E-state index contributed by atoms with van der Waals surface area (Å²) < 4.78 is 11.6. The van der Waals surface area contributed by atoms with Gasteiger partial charge >= 0.3 is 0 Å². The fourth-order valence-corrected chi connectivity index (χ4v) is 1.95. The van der Waals surface area contributed by atoms with Crippen LogP contribution in [0, 0.1) is 6.92 Å². The number of aromatic nitrogens is 2. The molecule has 4 atom stereocenters. The van der Waals surface area contributed by atoms with Crippen LogP contribution in [0.25, 0.3) is 5.73 Å². The topological polar surface area (TPSA) is 97.4 Å². The van der Waals surface area contributed by atoms with Crippen molar-refractivity contribution < 1.29 is 47.1 Å². The fraction of sp³-hybridized carbons (Fsp3) is 0.545. The summed E-state index contributed by atoms with van der Waals surface area (Å²) in [5.41, 5.74) is 6.66. The molecule has 2 unspecified atom stereocenters. The molecule has 0 saturated carbocycles. The van der Waals surface area contributed by atoms with Gasteiger partial charge in [0.2, 0.25) is 5.69 Å². The van der Waals surface area contributed by atoms with Crippen molar-refractivity contribution >= 4 is 15.3 Å². The Balaban J connectivity index is 0.00000115. The molecule has 20 heavy (non-hydrogen) atoms. The van der Waals surface area contributed by atoms with Gasteiger partial charge < -0.3 is 32.0 Å². The number of hydrogen-bond acceptors (Lipinski definition) is 5. The van der Waals surface area contributed by atoms with Crippen molar-refractivity contribution in [3.05, 3.63) is 35.4 Å². The molecule has 1 fully saturated rings. The molecule has 0 amide bonds. The second kappa shape index (κ2) is 9.93. The minimum atomic E-state index is -0.678. The molecule has 111 valence electrons. The van der Waals surface area contributed by atoms with Gasteiger partial charge in [0.1, 0.15) is 12.3 Å². The Labute approximate surface area is 145 Å². The van der Waals surface area contributed by atoms with Crippen LogP contribution in [0.1, 0.15) is 19.6 Å². The average Bonchev–Trinajstić information content (AvgIpc) is 2.74. The molecule has 0 aliphatic carbocycles. The summed E-state index contributed by atoms with van der Waals surface area (Å²) in [6.45, 7) is 5.24. The maximum absolute atomic E-state index is 11.5. The van der Waals surface area contributed by atoms with E-state index in [1.54, 1.807) is 6.92 Å². The van der Waals surface area contributed by atoms with Crippen LogP contribution >= 0.6 is 9.47 Å². The third kappa shape index (κ3) is 5.13. The van der Waals surface area contributed by atoms with Gasteiger partial charge in [0, 0.05) is 54.8 Å². The van der Waals surface area contributed by atoms with Gasteiger partial charge in [0.15, 0.2) is 0 Å². The molecule has 1 saturated heterocycles. The normalized spacial score (nSPS) is 24.5. The molecule has 1 aliphatic heterocycles. The second-order valence-corrected chi connectivity index (χ2v) is 4.10. The fourth-order valence-electron chi connectivity index (χ4n) is 1.76. The van der Waals surface area contributed by atoms with Crippen LogP contribution in [0.3, 0.4) is 0 Å². The summed E-state index contributed by atoms with van der Waals surface area (Å²) >= 11 is 0. The first-order valence-electron chi connectivity index (χ1n) is 5.78. The molecule has 0 spiro atoms. The van der Waals surface area contributed by atoms with Crippen molar-refractivity contribution in [1.82, 2.24) is 9.55 Å². The van der Waals surface area contributed by atoms with E-state index in [0.29, 0.717) is 6.42 Å². The number of nitrogens with one attached hydrogen (secondary N) is 1. The molecule has 2 rings (SSSR count). The number of aliphatic hydroxyl groups is 1. The van der Waals surface area contributed by atoms with Crippen LogP contribution in [0.15, 0.2) is 17.1 Å². The van der Waals surface area contributed by atoms with Crippen molar-refractivity contribution in [2.24, 2.45) is 0 Å². The van der Waals surface area contributed by atoms with Crippen molar-refractivity contribution in [2.45, 2.75) is 31.8 Å². The molecule has 0 aromatic carbocycles. The van der Waals surface area contributed by atoms with E-state index in [4.69, 9.17) is 15.0 Å². The number of ether oxygens (including phenoxy) is 1. The van der Waals surface area contributed by atoms with E-state index in [2.05, 4.69) is 21.4 Å². The zero-order chi connectivity index (χ0) is 14.4. The first-order chi connectivity index (χ1) is 9.11. The van der Waals surface area contributed by atoms with Crippen molar-refractivity contribution in [3.63, 3.8) is 0 Å². The first-order valence-corrected chi connectivity index (χ1v) is 6.25. The summed E-state index contributed by atoms with van der Waals surface area (Å²) in [6, 6.07) is 1.40. The quantitative estimate of drug-likeness (QED) is 0.632. The molecule has 2 heterocycles. The SMILES string of the molecule is [CH2-]C.[NH-]c1ccn([C@H]2CC(O)[C@@H](COP)O2)c(=O)n1.[Y]. The summed E-state index contributed by atoms with van der Waals surface area (Å²) in [5, 5.41) is 9.71. The molecular formula is C11H18N3O4PY-2. The van der Waals surface area contributed by atoms with Crippen LogP contribution in [0.5, 0.6) is 0 Å². The molecule has 9 heteroatoms. The molecule has 7 nitrogen and oxygen atoms in total. The Morgan fingerprint density at radius 2 is 2.35 bits per heavy atom. The second-order valence-electron chi connectivity index (χ2n) is 3.77. The van der Waals surface area contributed by atoms with Gasteiger partial charge in [-0.2, -0.15) is 6.92 Å². The van der Waals surface area contributed by atoms with Crippen LogP contribution < -0.4 is 5.69 Å². The number of hydrogen-bond donors (Lipinski definition) is 1. The van der Waals surface area contributed by atoms with Crippen molar-refractivity contribution in [1.29, 1.82) is 0 Å². The predicted octanol–water partition coefficient (Wildman–Crippen LogP) is 1.22. The van der Waals surface area contributed by atoms with Crippen LogP contribution in [0.2, 0.25) is 0 Å². The first kappa shape index (κ1) is 20.1. The number of aliphatic hydroxyl groups excluding tert-OH is 1. The van der Waals surface area contributed by atoms with E-state index in [0.717, 1.165) is 0 Å². The van der Waals surface area contributed by atoms with Gasteiger partial charge in [0.05, 0.1) is 12.7 Å². The monoisotopic (exact) mass is 376 g/mol. The zero-order valence-electron chi connectivity index (χ0n) is 11.2. The number of nitrogens with zero attached hydrogens (tertiary/aromatic N) is 2. The zero-order valence-corrected chi connectivity index (χ0v) is 15.2. The predicted molar refractivity (Wildman–Crippen MR) is 73.7 cm³/mol. The summed E-state index contributed by atoms with van der Waals surface area (Å²) in [4.78, 5) is 15.0. The van der Waals surface area contributed by atoms with Gasteiger partial charge in [-0.1, -0.05) is 5.82 Å². The number of rotatable bonds is 3.